The van der Waals surface area contributed by atoms with Crippen LogP contribution >= 0.6 is 15.9 Å². The van der Waals surface area contributed by atoms with Gasteiger partial charge in [-0.1, -0.05) is 0 Å². The fourth-order valence-corrected chi connectivity index (χ4v) is 3.91. The Balaban J connectivity index is 2.40. The molecule has 1 aromatic carbocycles. The van der Waals surface area contributed by atoms with Crippen molar-refractivity contribution in [3.05, 3.63) is 40.0 Å². The van der Waals surface area contributed by atoms with E-state index in [9.17, 15) is 13.2 Å². The molecule has 7 nitrogen and oxygen atoms in total. The number of carboxylic acid groups (broad SMARTS) is 1. The Hall–Kier alpha value is -1.87. The van der Waals surface area contributed by atoms with Crippen LogP contribution in [0.4, 0.5) is 5.82 Å². The van der Waals surface area contributed by atoms with Gasteiger partial charge < -0.3 is 5.11 Å². The van der Waals surface area contributed by atoms with Crippen molar-refractivity contribution in [3.8, 4) is 0 Å². The van der Waals surface area contributed by atoms with Crippen molar-refractivity contribution in [1.82, 2.24) is 9.78 Å². The van der Waals surface area contributed by atoms with Crippen LogP contribution in [-0.4, -0.2) is 29.3 Å². The molecule has 0 spiro atoms. The minimum Gasteiger partial charge on any atom is -0.478 e. The molecule has 2 rings (SSSR count). The second kappa shape index (κ2) is 5.49. The summed E-state index contributed by atoms with van der Waals surface area (Å²) in [5, 5.41) is 12.9. The standard InChI is InChI=1S/C12H12BrN3O4S/c1-7-5-11(16(2)14-7)15-21(19,20)10-4-3-8(12(17)18)6-9(10)13/h3-6,15H,1-2H3,(H,17,18). The third kappa shape index (κ3) is 3.24. The number of aromatic carboxylic acids is 1. The van der Waals surface area contributed by atoms with E-state index in [1.54, 1.807) is 20.0 Å². The fraction of sp³-hybridized carbons (Fsp3) is 0.167. The number of nitrogens with zero attached hydrogens (tertiary/aromatic N) is 2. The van der Waals surface area contributed by atoms with Crippen LogP contribution < -0.4 is 4.72 Å². The molecule has 2 N–H and O–H groups in total. The molecule has 0 fully saturated rings. The van der Waals surface area contributed by atoms with Gasteiger partial charge in [0.15, 0.2) is 0 Å². The third-order valence-corrected chi connectivity index (χ3v) is 5.04. The maximum absolute atomic E-state index is 12.3. The Kier molecular flexibility index (Phi) is 4.06. The minimum atomic E-state index is -3.85. The average Bonchev–Trinajstić information content (AvgIpc) is 2.66. The molecule has 0 radical (unpaired) electrons. The summed E-state index contributed by atoms with van der Waals surface area (Å²) in [7, 11) is -2.23. The molecule has 9 heteroatoms. The summed E-state index contributed by atoms with van der Waals surface area (Å²) in [5.74, 6) is -0.809. The van der Waals surface area contributed by atoms with E-state index in [4.69, 9.17) is 5.11 Å². The number of aryl methyl sites for hydroxylation is 2. The average molecular weight is 374 g/mol. The maximum atomic E-state index is 12.3. The lowest BCUT2D eigenvalue weighted by atomic mass is 10.2. The Morgan fingerprint density at radius 3 is 2.52 bits per heavy atom. The molecule has 2 aromatic rings. The van der Waals surface area contributed by atoms with Gasteiger partial charge in [-0.25, -0.2) is 13.2 Å². The number of rotatable bonds is 4. The second-order valence-corrected chi connectivity index (χ2v) is 6.86. The van der Waals surface area contributed by atoms with E-state index < -0.39 is 16.0 Å². The number of carboxylic acids is 1. The lowest BCUT2D eigenvalue weighted by Gasteiger charge is -2.10. The predicted molar refractivity (Wildman–Crippen MR) is 79.9 cm³/mol. The molecular weight excluding hydrogens is 362 g/mol. The highest BCUT2D eigenvalue weighted by molar-refractivity contribution is 9.10. The van der Waals surface area contributed by atoms with Crippen molar-refractivity contribution in [3.63, 3.8) is 0 Å². The Morgan fingerprint density at radius 1 is 1.38 bits per heavy atom. The Bertz CT molecular complexity index is 814. The number of nitrogens with one attached hydrogen (secondary N) is 1. The number of aromatic nitrogens is 2. The normalized spacial score (nSPS) is 11.4. The molecule has 1 heterocycles. The van der Waals surface area contributed by atoms with E-state index in [-0.39, 0.29) is 14.9 Å². The van der Waals surface area contributed by atoms with Crippen LogP contribution in [0.2, 0.25) is 0 Å². The van der Waals surface area contributed by atoms with Gasteiger partial charge in [0.25, 0.3) is 10.0 Å². The molecule has 0 atom stereocenters. The number of anilines is 1. The van der Waals surface area contributed by atoms with Gasteiger partial charge in [-0.15, -0.1) is 0 Å². The lowest BCUT2D eigenvalue weighted by molar-refractivity contribution is 0.0696. The van der Waals surface area contributed by atoms with Crippen LogP contribution in [0.15, 0.2) is 33.6 Å². The van der Waals surface area contributed by atoms with Crippen molar-refractivity contribution in [1.29, 1.82) is 0 Å². The van der Waals surface area contributed by atoms with E-state index in [0.717, 1.165) is 0 Å². The molecule has 0 unspecified atom stereocenters. The quantitative estimate of drug-likeness (QED) is 0.852. The van der Waals surface area contributed by atoms with Gasteiger partial charge >= 0.3 is 5.97 Å². The number of benzene rings is 1. The largest absolute Gasteiger partial charge is 0.478 e. The zero-order valence-corrected chi connectivity index (χ0v) is 13.6. The van der Waals surface area contributed by atoms with Crippen LogP contribution in [0.5, 0.6) is 0 Å². The van der Waals surface area contributed by atoms with Gasteiger partial charge in [-0.2, -0.15) is 5.10 Å². The number of hydrogen-bond acceptors (Lipinski definition) is 4. The summed E-state index contributed by atoms with van der Waals surface area (Å²) in [6.07, 6.45) is 0. The molecule has 0 saturated heterocycles. The molecule has 1 aromatic heterocycles. The van der Waals surface area contributed by atoms with E-state index >= 15 is 0 Å². The monoisotopic (exact) mass is 373 g/mol. The molecule has 0 bridgehead atoms. The second-order valence-electron chi connectivity index (χ2n) is 4.35. The zero-order chi connectivity index (χ0) is 15.8. The first-order valence-corrected chi connectivity index (χ1v) is 8.04. The van der Waals surface area contributed by atoms with Crippen LogP contribution in [-0.2, 0) is 17.1 Å². The Labute approximate surface area is 129 Å². The molecule has 0 aliphatic carbocycles. The Morgan fingerprint density at radius 2 is 2.05 bits per heavy atom. The van der Waals surface area contributed by atoms with Crippen molar-refractivity contribution in [2.75, 3.05) is 4.72 Å². The minimum absolute atomic E-state index is 0.00259. The highest BCUT2D eigenvalue weighted by Crippen LogP contribution is 2.25. The summed E-state index contributed by atoms with van der Waals surface area (Å²) < 4.78 is 28.7. The molecule has 21 heavy (non-hydrogen) atoms. The number of carbonyl (C=O) groups is 1. The van der Waals surface area contributed by atoms with Crippen molar-refractivity contribution < 1.29 is 18.3 Å². The highest BCUT2D eigenvalue weighted by Gasteiger charge is 2.20. The first-order chi connectivity index (χ1) is 9.70. The van der Waals surface area contributed by atoms with Crippen molar-refractivity contribution >= 4 is 37.7 Å². The fourth-order valence-electron chi connectivity index (χ4n) is 1.75. The first kappa shape index (κ1) is 15.5. The summed E-state index contributed by atoms with van der Waals surface area (Å²) in [4.78, 5) is 10.8. The number of sulfonamides is 1. The SMILES string of the molecule is Cc1cc(NS(=O)(=O)c2ccc(C(=O)O)cc2Br)n(C)n1. The van der Waals surface area contributed by atoms with Crippen LogP contribution in [0.3, 0.4) is 0 Å². The van der Waals surface area contributed by atoms with Crippen LogP contribution in [0, 0.1) is 6.92 Å². The maximum Gasteiger partial charge on any atom is 0.335 e. The van der Waals surface area contributed by atoms with Crippen LogP contribution in [0.1, 0.15) is 16.1 Å². The molecule has 0 saturated carbocycles. The van der Waals surface area contributed by atoms with Gasteiger partial charge in [-0.3, -0.25) is 9.40 Å². The van der Waals surface area contributed by atoms with Gasteiger partial charge in [0.2, 0.25) is 0 Å². The van der Waals surface area contributed by atoms with E-state index in [2.05, 4.69) is 25.8 Å². The lowest BCUT2D eigenvalue weighted by Crippen LogP contribution is -2.16. The van der Waals surface area contributed by atoms with Crippen LogP contribution in [0.25, 0.3) is 0 Å². The third-order valence-electron chi connectivity index (χ3n) is 2.71. The van der Waals surface area contributed by atoms with Gasteiger partial charge in [-0.05, 0) is 41.1 Å². The molecular formula is C12H12BrN3O4S. The van der Waals surface area contributed by atoms with Crippen molar-refractivity contribution in [2.45, 2.75) is 11.8 Å². The van der Waals surface area contributed by atoms with E-state index in [1.165, 1.54) is 22.9 Å². The van der Waals surface area contributed by atoms with Gasteiger partial charge in [0.05, 0.1) is 11.3 Å². The summed E-state index contributed by atoms with van der Waals surface area (Å²) >= 11 is 3.08. The predicted octanol–water partition coefficient (Wildman–Crippen LogP) is 1.99. The van der Waals surface area contributed by atoms with E-state index in [0.29, 0.717) is 11.5 Å². The summed E-state index contributed by atoms with van der Waals surface area (Å²) in [6.45, 7) is 1.75. The molecule has 112 valence electrons. The summed E-state index contributed by atoms with van der Waals surface area (Å²) in [5.41, 5.74) is 0.674. The van der Waals surface area contributed by atoms with Crippen molar-refractivity contribution in [2.24, 2.45) is 7.05 Å². The molecule has 0 aliphatic heterocycles. The zero-order valence-electron chi connectivity index (χ0n) is 11.2. The van der Waals surface area contributed by atoms with E-state index in [1.807, 2.05) is 0 Å². The number of halogens is 1. The smallest absolute Gasteiger partial charge is 0.335 e. The summed E-state index contributed by atoms with van der Waals surface area (Å²) in [6, 6.07) is 5.30. The number of hydrogen-bond donors (Lipinski definition) is 2. The van der Waals surface area contributed by atoms with Gasteiger partial charge in [0.1, 0.15) is 10.7 Å². The topological polar surface area (TPSA) is 101 Å². The molecule has 0 amide bonds. The van der Waals surface area contributed by atoms with Gasteiger partial charge in [0, 0.05) is 17.6 Å². The first-order valence-electron chi connectivity index (χ1n) is 5.77. The molecule has 0 aliphatic rings. The highest BCUT2D eigenvalue weighted by atomic mass is 79.9.